The number of hydrogen-bond acceptors (Lipinski definition) is 9. The highest BCUT2D eigenvalue weighted by molar-refractivity contribution is 5.98. The first kappa shape index (κ1) is 30.9. The van der Waals surface area contributed by atoms with Crippen LogP contribution in [-0.2, 0) is 6.54 Å². The van der Waals surface area contributed by atoms with Gasteiger partial charge in [-0.3, -0.25) is 4.79 Å². The minimum atomic E-state index is -0.341. The number of ether oxygens (including phenoxy) is 6. The lowest BCUT2D eigenvalue weighted by Crippen LogP contribution is -2.22. The topological polar surface area (TPSA) is 110 Å². The first-order chi connectivity index (χ1) is 21.8. The third kappa shape index (κ3) is 6.23. The summed E-state index contributed by atoms with van der Waals surface area (Å²) in [6.45, 7) is 0.236. The second-order valence-electron chi connectivity index (χ2n) is 9.76. The lowest BCUT2D eigenvalue weighted by atomic mass is 10.0. The van der Waals surface area contributed by atoms with E-state index in [0.29, 0.717) is 73.6 Å². The number of methoxy groups -OCH3 is 6. The van der Waals surface area contributed by atoms with E-state index in [9.17, 15) is 9.18 Å². The molecule has 0 unspecified atom stereocenters. The highest BCUT2D eigenvalue weighted by Gasteiger charge is 2.22. The average Bonchev–Trinajstić information content (AvgIpc) is 3.08. The molecule has 0 spiro atoms. The van der Waals surface area contributed by atoms with Crippen molar-refractivity contribution in [3.8, 4) is 57.0 Å². The molecule has 0 aliphatic heterocycles. The number of nitrogens with zero attached hydrogens (tertiary/aromatic N) is 2. The van der Waals surface area contributed by atoms with Gasteiger partial charge in [0.25, 0.3) is 5.91 Å². The minimum absolute atomic E-state index is 0.236. The van der Waals surface area contributed by atoms with Gasteiger partial charge in [0.05, 0.1) is 65.1 Å². The fourth-order valence-electron chi connectivity index (χ4n) is 4.92. The number of aromatic nitrogens is 2. The van der Waals surface area contributed by atoms with E-state index in [4.69, 9.17) is 38.4 Å². The fraction of sp³-hybridized carbons (Fsp3) is 0.206. The van der Waals surface area contributed by atoms with Crippen molar-refractivity contribution in [3.63, 3.8) is 0 Å². The molecular formula is C34H32FN3O7. The van der Waals surface area contributed by atoms with Crippen LogP contribution in [0.25, 0.3) is 33.5 Å². The maximum absolute atomic E-state index is 13.3. The molecule has 1 amide bonds. The van der Waals surface area contributed by atoms with Crippen molar-refractivity contribution in [1.29, 1.82) is 0 Å². The second kappa shape index (κ2) is 13.4. The normalized spacial score (nSPS) is 10.7. The van der Waals surface area contributed by atoms with E-state index < -0.39 is 0 Å². The Bertz CT molecular complexity index is 1810. The highest BCUT2D eigenvalue weighted by Crippen LogP contribution is 2.45. The van der Waals surface area contributed by atoms with Crippen molar-refractivity contribution in [1.82, 2.24) is 15.3 Å². The molecule has 5 aromatic rings. The number of amides is 1. The van der Waals surface area contributed by atoms with Crippen LogP contribution in [0.5, 0.6) is 34.5 Å². The fourth-order valence-corrected chi connectivity index (χ4v) is 4.92. The molecule has 10 nitrogen and oxygen atoms in total. The zero-order valence-electron chi connectivity index (χ0n) is 25.7. The van der Waals surface area contributed by atoms with Crippen molar-refractivity contribution >= 4 is 16.9 Å². The van der Waals surface area contributed by atoms with E-state index in [1.807, 2.05) is 0 Å². The summed E-state index contributed by atoms with van der Waals surface area (Å²) in [5.41, 5.74) is 4.41. The molecule has 4 aromatic carbocycles. The van der Waals surface area contributed by atoms with Crippen molar-refractivity contribution in [2.24, 2.45) is 0 Å². The van der Waals surface area contributed by atoms with Gasteiger partial charge < -0.3 is 33.7 Å². The molecule has 0 aliphatic carbocycles. The number of hydrogen-bond donors (Lipinski definition) is 1. The number of benzene rings is 4. The standard InChI is InChI=1S/C34H32FN3O7/c1-40-26-14-21(15-27(41-2)32(26)44-5)30-31(22-16-28(42-3)33(45-6)29(17-22)43-4)38-25-13-20(9-12-24(25)37-30)34(39)36-18-19-7-10-23(35)11-8-19/h7-17H,18H2,1-6H3,(H,36,39). The Morgan fingerprint density at radius 1 is 0.622 bits per heavy atom. The van der Waals surface area contributed by atoms with Gasteiger partial charge in [-0.05, 0) is 60.2 Å². The molecule has 1 aromatic heterocycles. The maximum Gasteiger partial charge on any atom is 0.251 e. The van der Waals surface area contributed by atoms with Gasteiger partial charge in [0.15, 0.2) is 23.0 Å². The van der Waals surface area contributed by atoms with Gasteiger partial charge in [-0.1, -0.05) is 12.1 Å². The highest BCUT2D eigenvalue weighted by atomic mass is 19.1. The minimum Gasteiger partial charge on any atom is -0.493 e. The Balaban J connectivity index is 1.67. The first-order valence-electron chi connectivity index (χ1n) is 13.8. The van der Waals surface area contributed by atoms with Gasteiger partial charge in [-0.15, -0.1) is 0 Å². The molecule has 0 aliphatic rings. The van der Waals surface area contributed by atoms with E-state index in [-0.39, 0.29) is 18.3 Å². The summed E-state index contributed by atoms with van der Waals surface area (Å²) in [6.07, 6.45) is 0. The molecule has 0 fully saturated rings. The lowest BCUT2D eigenvalue weighted by Gasteiger charge is -2.18. The zero-order chi connectivity index (χ0) is 32.1. The molecule has 0 atom stereocenters. The molecule has 232 valence electrons. The van der Waals surface area contributed by atoms with E-state index in [1.165, 1.54) is 54.8 Å². The Hall–Kier alpha value is -5.58. The van der Waals surface area contributed by atoms with Crippen LogP contribution in [0.3, 0.4) is 0 Å². The Morgan fingerprint density at radius 2 is 1.09 bits per heavy atom. The molecule has 11 heteroatoms. The SMILES string of the molecule is COc1cc(-c2nc3ccc(C(=O)NCc4ccc(F)cc4)cc3nc2-c2cc(OC)c(OC)c(OC)c2)cc(OC)c1OC. The predicted molar refractivity (Wildman–Crippen MR) is 167 cm³/mol. The first-order valence-corrected chi connectivity index (χ1v) is 13.8. The number of halogens is 1. The van der Waals surface area contributed by atoms with Gasteiger partial charge in [0, 0.05) is 23.2 Å². The Morgan fingerprint density at radius 3 is 1.53 bits per heavy atom. The van der Waals surface area contributed by atoms with Gasteiger partial charge in [-0.2, -0.15) is 0 Å². The molecule has 0 bridgehead atoms. The third-order valence-electron chi connectivity index (χ3n) is 7.17. The Labute approximate surface area is 259 Å². The molecule has 1 heterocycles. The van der Waals surface area contributed by atoms with E-state index in [0.717, 1.165) is 5.56 Å². The monoisotopic (exact) mass is 613 g/mol. The summed E-state index contributed by atoms with van der Waals surface area (Å²) in [4.78, 5) is 23.1. The van der Waals surface area contributed by atoms with Crippen molar-refractivity contribution in [2.75, 3.05) is 42.7 Å². The van der Waals surface area contributed by atoms with Crippen LogP contribution in [0.4, 0.5) is 4.39 Å². The van der Waals surface area contributed by atoms with Crippen molar-refractivity contribution in [2.45, 2.75) is 6.54 Å². The van der Waals surface area contributed by atoms with Crippen LogP contribution in [0.15, 0.2) is 66.7 Å². The van der Waals surface area contributed by atoms with Crippen LogP contribution >= 0.6 is 0 Å². The molecular weight excluding hydrogens is 581 g/mol. The lowest BCUT2D eigenvalue weighted by molar-refractivity contribution is 0.0951. The van der Waals surface area contributed by atoms with Gasteiger partial charge >= 0.3 is 0 Å². The summed E-state index contributed by atoms with van der Waals surface area (Å²) in [7, 11) is 9.20. The predicted octanol–water partition coefficient (Wildman–Crippen LogP) is 6.08. The number of rotatable bonds is 11. The summed E-state index contributed by atoms with van der Waals surface area (Å²) in [6, 6.07) is 18.1. The Kier molecular flexibility index (Phi) is 9.17. The molecule has 0 saturated heterocycles. The van der Waals surface area contributed by atoms with E-state index in [2.05, 4.69) is 5.32 Å². The average molecular weight is 614 g/mol. The van der Waals surface area contributed by atoms with Crippen LogP contribution < -0.4 is 33.7 Å². The quantitative estimate of drug-likeness (QED) is 0.189. The van der Waals surface area contributed by atoms with Crippen molar-refractivity contribution < 1.29 is 37.6 Å². The van der Waals surface area contributed by atoms with Gasteiger partial charge in [0.1, 0.15) is 5.82 Å². The number of carbonyl (C=O) groups is 1. The second-order valence-corrected chi connectivity index (χ2v) is 9.76. The van der Waals surface area contributed by atoms with E-state index >= 15 is 0 Å². The molecule has 0 saturated carbocycles. The van der Waals surface area contributed by atoms with Crippen LogP contribution in [-0.4, -0.2) is 58.5 Å². The van der Waals surface area contributed by atoms with E-state index in [1.54, 1.807) is 54.6 Å². The number of carbonyl (C=O) groups excluding carboxylic acids is 1. The molecule has 1 N–H and O–H groups in total. The molecule has 45 heavy (non-hydrogen) atoms. The third-order valence-corrected chi connectivity index (χ3v) is 7.17. The van der Waals surface area contributed by atoms with Crippen LogP contribution in [0.2, 0.25) is 0 Å². The van der Waals surface area contributed by atoms with Crippen molar-refractivity contribution in [3.05, 3.63) is 83.7 Å². The smallest absolute Gasteiger partial charge is 0.251 e. The zero-order valence-corrected chi connectivity index (χ0v) is 25.7. The summed E-state index contributed by atoms with van der Waals surface area (Å²) in [5, 5.41) is 2.87. The summed E-state index contributed by atoms with van der Waals surface area (Å²) in [5.74, 6) is 1.95. The van der Waals surface area contributed by atoms with Crippen LogP contribution in [0.1, 0.15) is 15.9 Å². The number of fused-ring (bicyclic) bond motifs is 1. The van der Waals surface area contributed by atoms with Crippen LogP contribution in [0, 0.1) is 5.82 Å². The largest absolute Gasteiger partial charge is 0.493 e. The summed E-state index contributed by atoms with van der Waals surface area (Å²) >= 11 is 0. The number of nitrogens with one attached hydrogen (secondary N) is 1. The maximum atomic E-state index is 13.3. The molecule has 5 rings (SSSR count). The van der Waals surface area contributed by atoms with Gasteiger partial charge in [0.2, 0.25) is 11.5 Å². The summed E-state index contributed by atoms with van der Waals surface area (Å²) < 4.78 is 46.8. The molecule has 0 radical (unpaired) electrons. The van der Waals surface area contributed by atoms with Gasteiger partial charge in [-0.25, -0.2) is 14.4 Å².